The highest BCUT2D eigenvalue weighted by atomic mass is 16.3. The largest absolute Gasteiger partial charge is 0.456 e. The molecule has 0 saturated heterocycles. The first-order valence-electron chi connectivity index (χ1n) is 25.9. The van der Waals surface area contributed by atoms with Crippen LogP contribution in [0.4, 0.5) is 0 Å². The van der Waals surface area contributed by atoms with Crippen LogP contribution in [0.1, 0.15) is 22.3 Å². The Hall–Kier alpha value is -10.2. The third-order valence-electron chi connectivity index (χ3n) is 16.4. The maximum atomic E-state index is 6.71. The molecule has 0 saturated carbocycles. The van der Waals surface area contributed by atoms with Gasteiger partial charge in [-0.05, 0) is 98.6 Å². The first-order chi connectivity index (χ1) is 37.7. The second-order valence-electron chi connectivity index (χ2n) is 20.2. The summed E-state index contributed by atoms with van der Waals surface area (Å²) in [4.78, 5) is 16.5. The van der Waals surface area contributed by atoms with Crippen molar-refractivity contribution in [1.82, 2.24) is 24.1 Å². The number of aromatic nitrogens is 5. The molecule has 76 heavy (non-hydrogen) atoms. The third-order valence-corrected chi connectivity index (χ3v) is 16.4. The van der Waals surface area contributed by atoms with E-state index in [1.807, 2.05) is 6.07 Å². The van der Waals surface area contributed by atoms with Crippen LogP contribution >= 0.6 is 0 Å². The number of furan rings is 1. The van der Waals surface area contributed by atoms with E-state index >= 15 is 0 Å². The van der Waals surface area contributed by atoms with E-state index < -0.39 is 5.41 Å². The lowest BCUT2D eigenvalue weighted by molar-refractivity contribution is 0.669. The molecule has 1 spiro atoms. The van der Waals surface area contributed by atoms with Gasteiger partial charge in [-0.1, -0.05) is 200 Å². The molecule has 0 N–H and O–H groups in total. The molecule has 0 amide bonds. The number of hydrogen-bond acceptors (Lipinski definition) is 4. The van der Waals surface area contributed by atoms with Gasteiger partial charge in [0.2, 0.25) is 5.95 Å². The van der Waals surface area contributed by atoms with Gasteiger partial charge in [0.25, 0.3) is 0 Å². The molecule has 352 valence electrons. The van der Waals surface area contributed by atoms with E-state index in [0.29, 0.717) is 17.6 Å². The molecule has 4 heterocycles. The molecule has 0 unspecified atom stereocenters. The molecule has 0 atom stereocenters. The molecule has 6 nitrogen and oxygen atoms in total. The van der Waals surface area contributed by atoms with Crippen molar-refractivity contribution in [2.24, 2.45) is 0 Å². The van der Waals surface area contributed by atoms with Gasteiger partial charge in [-0.3, -0.25) is 4.57 Å². The monoisotopic (exact) mass is 967 g/mol. The average molecular weight is 968 g/mol. The van der Waals surface area contributed by atoms with Crippen molar-refractivity contribution in [1.29, 1.82) is 0 Å². The first kappa shape index (κ1) is 41.3. The third kappa shape index (κ3) is 5.46. The van der Waals surface area contributed by atoms with Gasteiger partial charge in [0.05, 0.1) is 33.2 Å². The highest BCUT2D eigenvalue weighted by molar-refractivity contribution is 6.17. The van der Waals surface area contributed by atoms with Crippen LogP contribution in [-0.4, -0.2) is 24.1 Å². The highest BCUT2D eigenvalue weighted by Gasteiger charge is 2.52. The Morgan fingerprint density at radius 1 is 0.329 bits per heavy atom. The predicted molar refractivity (Wildman–Crippen MR) is 308 cm³/mol. The van der Waals surface area contributed by atoms with Gasteiger partial charge in [0, 0.05) is 49.0 Å². The fourth-order valence-corrected chi connectivity index (χ4v) is 13.4. The number of rotatable bonds is 5. The Morgan fingerprint density at radius 2 is 0.868 bits per heavy atom. The zero-order chi connectivity index (χ0) is 49.6. The predicted octanol–water partition coefficient (Wildman–Crippen LogP) is 17.3. The minimum atomic E-state index is -0.501. The number of benzene rings is 11. The summed E-state index contributed by atoms with van der Waals surface area (Å²) in [6.07, 6.45) is 0. The lowest BCUT2D eigenvalue weighted by atomic mass is 9.70. The summed E-state index contributed by atoms with van der Waals surface area (Å²) in [5.74, 6) is 1.63. The highest BCUT2D eigenvalue weighted by Crippen LogP contribution is 2.64. The number of para-hydroxylation sites is 4. The molecule has 11 aromatic carbocycles. The Labute approximate surface area is 436 Å². The maximum absolute atomic E-state index is 6.71. The minimum Gasteiger partial charge on any atom is -0.456 e. The summed E-state index contributed by atoms with van der Waals surface area (Å²) in [5, 5.41) is 6.74. The summed E-state index contributed by atoms with van der Waals surface area (Å²) in [6, 6.07) is 89.5. The Morgan fingerprint density at radius 3 is 1.58 bits per heavy atom. The van der Waals surface area contributed by atoms with Crippen molar-refractivity contribution in [3.8, 4) is 67.8 Å². The van der Waals surface area contributed by atoms with Gasteiger partial charge in [0.1, 0.15) is 11.2 Å². The lowest BCUT2D eigenvalue weighted by Gasteiger charge is -2.30. The summed E-state index contributed by atoms with van der Waals surface area (Å²) in [6.45, 7) is 0. The standard InChI is InChI=1S/C70H41N5O/c1-2-19-42(20-3-1)44-28-18-36-62-64(44)53-38-37-43(41-63(53)76-62)67-71-68(73-69(72-67)75-59-33-15-7-23-47(59)48-24-8-16-34-60(48)75)52-27-10-17-35-61(52)74-58-32-14-9-25-49(58)50-39-40-57-65(66(50)74)51-26-6-13-31-56(51)70(57)54-29-11-4-21-45(54)46-22-5-12-30-55(46)70/h1-41H. The molecule has 0 fully saturated rings. The van der Waals surface area contributed by atoms with Gasteiger partial charge in [0.15, 0.2) is 11.6 Å². The molecule has 0 radical (unpaired) electrons. The smallest absolute Gasteiger partial charge is 0.238 e. The maximum Gasteiger partial charge on any atom is 0.238 e. The minimum absolute atomic E-state index is 0.501. The van der Waals surface area contributed by atoms with E-state index in [4.69, 9.17) is 19.4 Å². The van der Waals surface area contributed by atoms with Crippen LogP contribution in [0.25, 0.3) is 133 Å². The van der Waals surface area contributed by atoms with Gasteiger partial charge in [-0.15, -0.1) is 0 Å². The first-order valence-corrected chi connectivity index (χ1v) is 25.9. The van der Waals surface area contributed by atoms with Gasteiger partial charge >= 0.3 is 0 Å². The van der Waals surface area contributed by atoms with Crippen molar-refractivity contribution >= 4 is 65.6 Å². The zero-order valence-electron chi connectivity index (χ0n) is 40.8. The second kappa shape index (κ2) is 15.4. The molecular weight excluding hydrogens is 927 g/mol. The van der Waals surface area contributed by atoms with Crippen LogP contribution in [0, 0.1) is 0 Å². The van der Waals surface area contributed by atoms with Crippen LogP contribution in [0.2, 0.25) is 0 Å². The summed E-state index contributed by atoms with van der Waals surface area (Å²) in [5.41, 5.74) is 20.6. The van der Waals surface area contributed by atoms with E-state index in [1.165, 1.54) is 55.3 Å². The van der Waals surface area contributed by atoms with E-state index in [9.17, 15) is 0 Å². The summed E-state index contributed by atoms with van der Waals surface area (Å²) in [7, 11) is 0. The van der Waals surface area contributed by atoms with Crippen molar-refractivity contribution in [3.05, 3.63) is 271 Å². The lowest BCUT2D eigenvalue weighted by Crippen LogP contribution is -2.25. The summed E-state index contributed by atoms with van der Waals surface area (Å²) >= 11 is 0. The molecule has 15 aromatic rings. The van der Waals surface area contributed by atoms with E-state index in [1.54, 1.807) is 0 Å². The normalized spacial score (nSPS) is 13.1. The topological polar surface area (TPSA) is 61.7 Å². The quantitative estimate of drug-likeness (QED) is 0.172. The van der Waals surface area contributed by atoms with Crippen molar-refractivity contribution < 1.29 is 4.42 Å². The SMILES string of the molecule is c1ccc(-c2cccc3oc4cc(-c5nc(-c6ccccc6-n6c7ccccc7c7ccc8c(c76)-c6ccccc6C86c7ccccc7-c7ccccc76)nc(-n6c7ccccc7c7ccccc76)n5)ccc4c23)cc1. The Balaban J connectivity index is 0.942. The van der Waals surface area contributed by atoms with Crippen LogP contribution < -0.4 is 0 Å². The van der Waals surface area contributed by atoms with Crippen LogP contribution in [0.15, 0.2) is 253 Å². The number of fused-ring (bicyclic) bond motifs is 20. The van der Waals surface area contributed by atoms with Crippen LogP contribution in [0.3, 0.4) is 0 Å². The Bertz CT molecular complexity index is 4860. The summed E-state index contributed by atoms with van der Waals surface area (Å²) < 4.78 is 11.4. The molecule has 2 aliphatic rings. The zero-order valence-corrected chi connectivity index (χ0v) is 40.8. The van der Waals surface area contributed by atoms with Crippen molar-refractivity contribution in [3.63, 3.8) is 0 Å². The molecule has 6 heteroatoms. The fraction of sp³-hybridized carbons (Fsp3) is 0.0143. The molecule has 0 aliphatic heterocycles. The molecule has 4 aromatic heterocycles. The molecule has 17 rings (SSSR count). The number of hydrogen-bond donors (Lipinski definition) is 0. The average Bonchev–Trinajstić information content (AvgIpc) is 4.39. The number of nitrogens with zero attached hydrogens (tertiary/aromatic N) is 5. The van der Waals surface area contributed by atoms with Crippen molar-refractivity contribution in [2.75, 3.05) is 0 Å². The van der Waals surface area contributed by atoms with E-state index in [2.05, 4.69) is 252 Å². The molecular formula is C70H41N5O. The Kier molecular flexibility index (Phi) is 8.39. The van der Waals surface area contributed by atoms with Gasteiger partial charge in [-0.2, -0.15) is 9.97 Å². The fourth-order valence-electron chi connectivity index (χ4n) is 13.4. The molecule has 0 bridgehead atoms. The van der Waals surface area contributed by atoms with E-state index in [0.717, 1.165) is 82.7 Å². The van der Waals surface area contributed by atoms with Crippen LogP contribution in [-0.2, 0) is 5.41 Å². The second-order valence-corrected chi connectivity index (χ2v) is 20.2. The van der Waals surface area contributed by atoms with Gasteiger partial charge in [-0.25, -0.2) is 4.98 Å². The van der Waals surface area contributed by atoms with Crippen molar-refractivity contribution in [2.45, 2.75) is 5.41 Å². The van der Waals surface area contributed by atoms with Gasteiger partial charge < -0.3 is 8.98 Å². The van der Waals surface area contributed by atoms with Crippen LogP contribution in [0.5, 0.6) is 0 Å². The molecule has 2 aliphatic carbocycles. The van der Waals surface area contributed by atoms with E-state index in [-0.39, 0.29) is 0 Å².